The molecular weight excluding hydrogens is 374 g/mol. The van der Waals surface area contributed by atoms with E-state index < -0.39 is 5.97 Å². The van der Waals surface area contributed by atoms with Gasteiger partial charge in [-0.3, -0.25) is 4.79 Å². The van der Waals surface area contributed by atoms with Gasteiger partial charge in [-0.25, -0.2) is 9.97 Å². The van der Waals surface area contributed by atoms with E-state index in [1.807, 2.05) is 44.2 Å². The molecule has 0 atom stereocenters. The molecule has 2 aromatic heterocycles. The fraction of sp³-hybridized carbons (Fsp3) is 0.286. The maximum absolute atomic E-state index is 10.8. The summed E-state index contributed by atoms with van der Waals surface area (Å²) in [6.07, 6.45) is 0.815. The number of methoxy groups -OCH3 is 1. The van der Waals surface area contributed by atoms with Crippen LogP contribution in [-0.4, -0.2) is 28.2 Å². The Labute approximate surface area is 168 Å². The van der Waals surface area contributed by atoms with Crippen molar-refractivity contribution in [1.29, 1.82) is 0 Å². The third-order valence-corrected chi connectivity index (χ3v) is 5.61. The SMILES string of the molecule is CCc1c(C)nc(-c2cc(C)c(OC)s2)nc1Nc1ccc(CC(=O)O)cc1. The van der Waals surface area contributed by atoms with Gasteiger partial charge >= 0.3 is 5.97 Å². The number of carboxylic acids is 1. The lowest BCUT2D eigenvalue weighted by atomic mass is 10.1. The van der Waals surface area contributed by atoms with Crippen molar-refractivity contribution in [3.8, 4) is 15.8 Å². The molecule has 2 heterocycles. The van der Waals surface area contributed by atoms with Crippen molar-refractivity contribution >= 4 is 28.8 Å². The smallest absolute Gasteiger partial charge is 0.307 e. The van der Waals surface area contributed by atoms with Crippen molar-refractivity contribution in [2.24, 2.45) is 0 Å². The standard InChI is InChI=1S/C21H23N3O3S/c1-5-16-13(3)22-20(17-10-12(2)21(27-4)28-17)24-19(16)23-15-8-6-14(7-9-15)11-18(25)26/h6-10H,5,11H2,1-4H3,(H,25,26)(H,22,23,24). The van der Waals surface area contributed by atoms with E-state index >= 15 is 0 Å². The predicted molar refractivity (Wildman–Crippen MR) is 112 cm³/mol. The molecule has 0 radical (unpaired) electrons. The van der Waals surface area contributed by atoms with Gasteiger partial charge in [-0.2, -0.15) is 0 Å². The largest absolute Gasteiger partial charge is 0.487 e. The van der Waals surface area contributed by atoms with Gasteiger partial charge in [0.2, 0.25) is 0 Å². The van der Waals surface area contributed by atoms with Crippen LogP contribution >= 0.6 is 11.3 Å². The van der Waals surface area contributed by atoms with E-state index in [2.05, 4.69) is 12.2 Å². The molecule has 0 saturated carbocycles. The van der Waals surface area contributed by atoms with E-state index in [9.17, 15) is 4.79 Å². The van der Waals surface area contributed by atoms with E-state index in [4.69, 9.17) is 19.8 Å². The van der Waals surface area contributed by atoms with Crippen molar-refractivity contribution in [2.75, 3.05) is 12.4 Å². The quantitative estimate of drug-likeness (QED) is 0.598. The zero-order valence-electron chi connectivity index (χ0n) is 16.4. The molecule has 0 aliphatic heterocycles. The van der Waals surface area contributed by atoms with Gasteiger partial charge in [0.25, 0.3) is 0 Å². The molecule has 2 N–H and O–H groups in total. The van der Waals surface area contributed by atoms with Gasteiger partial charge < -0.3 is 15.2 Å². The number of nitrogens with zero attached hydrogens (tertiary/aromatic N) is 2. The molecule has 1 aromatic carbocycles. The zero-order valence-corrected chi connectivity index (χ0v) is 17.2. The number of benzene rings is 1. The second kappa shape index (κ2) is 8.39. The average molecular weight is 398 g/mol. The van der Waals surface area contributed by atoms with Crippen molar-refractivity contribution in [1.82, 2.24) is 9.97 Å². The predicted octanol–water partition coefficient (Wildman–Crippen LogP) is 4.76. The summed E-state index contributed by atoms with van der Waals surface area (Å²) in [6.45, 7) is 6.07. The van der Waals surface area contributed by atoms with Crippen LogP contribution in [0.5, 0.6) is 5.06 Å². The highest BCUT2D eigenvalue weighted by Gasteiger charge is 2.15. The number of carboxylic acid groups (broad SMARTS) is 1. The van der Waals surface area contributed by atoms with Crippen molar-refractivity contribution in [3.63, 3.8) is 0 Å². The van der Waals surface area contributed by atoms with E-state index in [-0.39, 0.29) is 6.42 Å². The monoisotopic (exact) mass is 397 g/mol. The summed E-state index contributed by atoms with van der Waals surface area (Å²) in [5, 5.41) is 13.1. The van der Waals surface area contributed by atoms with Crippen LogP contribution in [0.25, 0.3) is 10.7 Å². The number of aliphatic carboxylic acids is 1. The summed E-state index contributed by atoms with van der Waals surface area (Å²) < 4.78 is 5.39. The van der Waals surface area contributed by atoms with Gasteiger partial charge in [0.1, 0.15) is 5.82 Å². The maximum atomic E-state index is 10.8. The van der Waals surface area contributed by atoms with Crippen LogP contribution in [0.15, 0.2) is 30.3 Å². The number of nitrogens with one attached hydrogen (secondary N) is 1. The highest BCUT2D eigenvalue weighted by Crippen LogP contribution is 2.36. The fourth-order valence-electron chi connectivity index (χ4n) is 3.03. The van der Waals surface area contributed by atoms with Crippen LogP contribution in [0.1, 0.15) is 29.3 Å². The Morgan fingerprint density at radius 3 is 2.50 bits per heavy atom. The molecular formula is C21H23N3O3S. The lowest BCUT2D eigenvalue weighted by Crippen LogP contribution is -2.05. The van der Waals surface area contributed by atoms with Crippen molar-refractivity contribution in [2.45, 2.75) is 33.6 Å². The van der Waals surface area contributed by atoms with Crippen LogP contribution in [0, 0.1) is 13.8 Å². The summed E-state index contributed by atoms with van der Waals surface area (Å²) in [7, 11) is 1.66. The summed E-state index contributed by atoms with van der Waals surface area (Å²) in [5.41, 5.74) is 4.66. The summed E-state index contributed by atoms with van der Waals surface area (Å²) in [4.78, 5) is 21.3. The minimum atomic E-state index is -0.841. The first-order chi connectivity index (χ1) is 13.4. The molecule has 146 valence electrons. The lowest BCUT2D eigenvalue weighted by molar-refractivity contribution is -0.136. The number of hydrogen-bond acceptors (Lipinski definition) is 6. The van der Waals surface area contributed by atoms with Crippen LogP contribution in [0.4, 0.5) is 11.5 Å². The fourth-order valence-corrected chi connectivity index (χ4v) is 3.95. The van der Waals surface area contributed by atoms with Gasteiger partial charge in [-0.1, -0.05) is 30.4 Å². The third kappa shape index (κ3) is 4.31. The lowest BCUT2D eigenvalue weighted by Gasteiger charge is -2.14. The zero-order chi connectivity index (χ0) is 20.3. The number of aryl methyl sites for hydroxylation is 2. The van der Waals surface area contributed by atoms with E-state index in [1.165, 1.54) is 11.3 Å². The molecule has 0 amide bonds. The van der Waals surface area contributed by atoms with E-state index in [0.717, 1.165) is 50.3 Å². The molecule has 0 spiro atoms. The molecule has 0 aliphatic rings. The minimum absolute atomic E-state index is 0.0107. The highest BCUT2D eigenvalue weighted by molar-refractivity contribution is 7.17. The Hall–Kier alpha value is -2.93. The molecule has 6 nitrogen and oxygen atoms in total. The van der Waals surface area contributed by atoms with Crippen molar-refractivity contribution in [3.05, 3.63) is 52.7 Å². The molecule has 28 heavy (non-hydrogen) atoms. The number of ether oxygens (including phenoxy) is 1. The molecule has 0 saturated heterocycles. The number of rotatable bonds is 7. The maximum Gasteiger partial charge on any atom is 0.307 e. The van der Waals surface area contributed by atoms with E-state index in [0.29, 0.717) is 5.82 Å². The Bertz CT molecular complexity index is 997. The Morgan fingerprint density at radius 2 is 1.93 bits per heavy atom. The van der Waals surface area contributed by atoms with Gasteiger partial charge in [0.05, 0.1) is 18.4 Å². The Kier molecular flexibility index (Phi) is 5.94. The second-order valence-electron chi connectivity index (χ2n) is 6.49. The molecule has 0 aliphatic carbocycles. The molecule has 7 heteroatoms. The van der Waals surface area contributed by atoms with Gasteiger partial charge in [0.15, 0.2) is 10.9 Å². The molecule has 0 unspecified atom stereocenters. The Morgan fingerprint density at radius 1 is 1.21 bits per heavy atom. The summed E-state index contributed by atoms with van der Waals surface area (Å²) in [5.74, 6) is 0.587. The summed E-state index contributed by atoms with van der Waals surface area (Å²) in [6, 6.07) is 9.39. The first-order valence-electron chi connectivity index (χ1n) is 9.01. The van der Waals surface area contributed by atoms with Gasteiger partial charge in [-0.05, 0) is 44.0 Å². The average Bonchev–Trinajstić information content (AvgIpc) is 3.03. The normalized spacial score (nSPS) is 10.7. The summed E-state index contributed by atoms with van der Waals surface area (Å²) >= 11 is 1.53. The second-order valence-corrected chi connectivity index (χ2v) is 7.51. The van der Waals surface area contributed by atoms with Crippen LogP contribution in [0.3, 0.4) is 0 Å². The molecule has 3 rings (SSSR count). The Balaban J connectivity index is 1.95. The number of carbonyl (C=O) groups is 1. The van der Waals surface area contributed by atoms with Gasteiger partial charge in [-0.15, -0.1) is 0 Å². The number of hydrogen-bond donors (Lipinski definition) is 2. The topological polar surface area (TPSA) is 84.3 Å². The number of thiophene rings is 1. The third-order valence-electron chi connectivity index (χ3n) is 4.42. The first-order valence-corrected chi connectivity index (χ1v) is 9.83. The highest BCUT2D eigenvalue weighted by atomic mass is 32.1. The molecule has 0 bridgehead atoms. The first kappa shape index (κ1) is 19.8. The van der Waals surface area contributed by atoms with Gasteiger partial charge in [0, 0.05) is 22.5 Å². The molecule has 0 fully saturated rings. The number of anilines is 2. The van der Waals surface area contributed by atoms with E-state index in [1.54, 1.807) is 7.11 Å². The minimum Gasteiger partial charge on any atom is -0.487 e. The van der Waals surface area contributed by atoms with Crippen LogP contribution < -0.4 is 10.1 Å². The van der Waals surface area contributed by atoms with Crippen LogP contribution in [0.2, 0.25) is 0 Å². The number of aromatic nitrogens is 2. The molecule has 3 aromatic rings. The van der Waals surface area contributed by atoms with Crippen molar-refractivity contribution < 1.29 is 14.6 Å². The van der Waals surface area contributed by atoms with Crippen LogP contribution in [-0.2, 0) is 17.6 Å².